The van der Waals surface area contributed by atoms with Gasteiger partial charge in [0.2, 0.25) is 10.9 Å². The van der Waals surface area contributed by atoms with E-state index in [0.29, 0.717) is 28.0 Å². The van der Waals surface area contributed by atoms with Gasteiger partial charge < -0.3 is 18.8 Å². The maximum atomic E-state index is 13.0. The molecule has 4 rings (SSSR count). The van der Waals surface area contributed by atoms with Crippen molar-refractivity contribution in [2.75, 3.05) is 11.5 Å². The minimum atomic E-state index is -4.61. The van der Waals surface area contributed by atoms with Crippen molar-refractivity contribution >= 4 is 46.1 Å². The zero-order chi connectivity index (χ0) is 34.6. The van der Waals surface area contributed by atoms with E-state index in [1.165, 1.54) is 35.2 Å². The number of benzene rings is 2. The molecule has 0 bridgehead atoms. The normalized spacial score (nSPS) is 11.8. The molecule has 0 N–H and O–H groups in total. The van der Waals surface area contributed by atoms with Crippen LogP contribution in [0.25, 0.3) is 5.69 Å². The number of rotatable bonds is 8. The Kier molecular flexibility index (Phi) is 11.8. The lowest BCUT2D eigenvalue weighted by Gasteiger charge is -2.26. The van der Waals surface area contributed by atoms with Crippen LogP contribution < -0.4 is 20.1 Å². The second kappa shape index (κ2) is 14.8. The highest BCUT2D eigenvalue weighted by molar-refractivity contribution is 7.13. The zero-order valence-corrected chi connectivity index (χ0v) is 28.1. The molecule has 46 heavy (non-hydrogen) atoms. The van der Waals surface area contributed by atoms with E-state index in [1.807, 2.05) is 34.6 Å². The van der Waals surface area contributed by atoms with Crippen LogP contribution in [0, 0.1) is 5.82 Å². The number of nitrogens with zero attached hydrogens (tertiary/aromatic N) is 5. The average Bonchev–Trinajstić information content (AvgIpc) is 3.57. The van der Waals surface area contributed by atoms with E-state index in [1.54, 1.807) is 19.9 Å². The van der Waals surface area contributed by atoms with E-state index in [9.17, 15) is 27.2 Å². The highest BCUT2D eigenvalue weighted by Gasteiger charge is 2.36. The summed E-state index contributed by atoms with van der Waals surface area (Å²) in [6.07, 6.45) is -4.67. The summed E-state index contributed by atoms with van der Waals surface area (Å²) in [5.41, 5.74) is 0.430. The van der Waals surface area contributed by atoms with E-state index in [0.717, 1.165) is 4.68 Å². The van der Waals surface area contributed by atoms with E-state index in [4.69, 9.17) is 37.1 Å². The van der Waals surface area contributed by atoms with E-state index in [2.05, 4.69) is 15.3 Å². The minimum Gasteiger partial charge on any atom is -0.489 e. The molecule has 0 saturated carbocycles. The van der Waals surface area contributed by atoms with Gasteiger partial charge in [0.1, 0.15) is 11.6 Å². The van der Waals surface area contributed by atoms with Crippen molar-refractivity contribution in [2.24, 2.45) is 0 Å². The van der Waals surface area contributed by atoms with Crippen molar-refractivity contribution in [1.29, 1.82) is 0 Å². The van der Waals surface area contributed by atoms with Crippen molar-refractivity contribution in [3.8, 4) is 16.6 Å². The molecule has 17 heteroatoms. The fraction of sp³-hybridized carbons (Fsp3) is 0.414. The number of amides is 1. The topological polar surface area (TPSA) is 113 Å². The van der Waals surface area contributed by atoms with Crippen LogP contribution in [-0.2, 0) is 16.4 Å². The first-order chi connectivity index (χ1) is 21.3. The van der Waals surface area contributed by atoms with E-state index < -0.39 is 35.3 Å². The molecule has 1 amide bonds. The molecule has 0 atom stereocenters. The number of ether oxygens (including phenoxy) is 2. The minimum absolute atomic E-state index is 0.0642. The smallest absolute Gasteiger partial charge is 0.445 e. The van der Waals surface area contributed by atoms with Crippen molar-refractivity contribution in [3.63, 3.8) is 0 Å². The van der Waals surface area contributed by atoms with Crippen LogP contribution in [0.5, 0.6) is 10.9 Å². The molecule has 0 unspecified atom stereocenters. The molecule has 4 aromatic rings. The first-order valence-corrected chi connectivity index (χ1v) is 15.2. The monoisotopic (exact) mass is 707 g/mol. The molecule has 0 saturated heterocycles. The summed E-state index contributed by atoms with van der Waals surface area (Å²) in [6.45, 7) is 12.4. The predicted octanol–water partition coefficient (Wildman–Crippen LogP) is 7.73. The van der Waals surface area contributed by atoms with Gasteiger partial charge in [-0.25, -0.2) is 9.18 Å². The fourth-order valence-electron chi connectivity index (χ4n) is 3.67. The summed E-state index contributed by atoms with van der Waals surface area (Å²) in [7, 11) is 0. The predicted molar refractivity (Wildman–Crippen MR) is 166 cm³/mol. The van der Waals surface area contributed by atoms with Gasteiger partial charge in [0, 0.05) is 23.2 Å². The maximum absolute atomic E-state index is 13.0. The Bertz CT molecular complexity index is 1700. The standard InChI is InChI=1S/C15H18Cl2N2O3.C14H13F4N3O2S/c1-8(2)21-12-7-11(9(16)6-10(12)17)19-14(20)22-13(18-19)15(3,4)5;1-8(2)21(10-5-3-9(15)4-6-10)11(22)7-23-13-20-19-12(24-13)14(16,17)18/h6-8H,1-5H3;3-6,8H,7H2,1-2H3. The highest BCUT2D eigenvalue weighted by Crippen LogP contribution is 2.35. The van der Waals surface area contributed by atoms with Gasteiger partial charge in [0.25, 0.3) is 11.1 Å². The Morgan fingerprint density at radius 2 is 1.67 bits per heavy atom. The Morgan fingerprint density at radius 3 is 2.17 bits per heavy atom. The molecule has 250 valence electrons. The third-order valence-corrected chi connectivity index (χ3v) is 7.12. The summed E-state index contributed by atoms with van der Waals surface area (Å²) in [4.78, 5) is 25.7. The molecular formula is C29H31Cl2F4N5O5S. The molecular weight excluding hydrogens is 677 g/mol. The van der Waals surface area contributed by atoms with Gasteiger partial charge in [-0.3, -0.25) is 4.79 Å². The zero-order valence-electron chi connectivity index (χ0n) is 25.8. The first-order valence-electron chi connectivity index (χ1n) is 13.7. The Labute approximate surface area is 275 Å². The van der Waals surface area contributed by atoms with Crippen molar-refractivity contribution in [1.82, 2.24) is 20.0 Å². The van der Waals surface area contributed by atoms with Crippen LogP contribution in [0.15, 0.2) is 45.6 Å². The van der Waals surface area contributed by atoms with Crippen LogP contribution in [0.3, 0.4) is 0 Å². The van der Waals surface area contributed by atoms with E-state index >= 15 is 0 Å². The van der Waals surface area contributed by atoms with Crippen LogP contribution in [0.4, 0.5) is 23.2 Å². The third-order valence-electron chi connectivity index (χ3n) is 5.64. The molecule has 2 aromatic heterocycles. The Balaban J connectivity index is 0.000000251. The lowest BCUT2D eigenvalue weighted by Crippen LogP contribution is -2.40. The number of anilines is 1. The Morgan fingerprint density at radius 1 is 1.04 bits per heavy atom. The van der Waals surface area contributed by atoms with Gasteiger partial charge in [0.15, 0.2) is 6.61 Å². The van der Waals surface area contributed by atoms with E-state index in [-0.39, 0.29) is 39.1 Å². The molecule has 0 spiro atoms. The second-order valence-corrected chi connectivity index (χ2v) is 13.0. The van der Waals surface area contributed by atoms with Crippen LogP contribution in [0.1, 0.15) is 59.4 Å². The van der Waals surface area contributed by atoms with Crippen molar-refractivity contribution in [2.45, 2.75) is 72.2 Å². The first kappa shape index (κ1) is 36.8. The molecule has 0 radical (unpaired) electrons. The SMILES string of the molecule is CC(C)N(C(=O)COc1nnc(C(F)(F)F)s1)c1ccc(F)cc1.CC(C)Oc1cc(-n2nc(C(C)(C)C)oc2=O)c(Cl)cc1Cl. The molecule has 0 fully saturated rings. The summed E-state index contributed by atoms with van der Waals surface area (Å²) < 4.78 is 67.2. The molecule has 0 aliphatic carbocycles. The van der Waals surface area contributed by atoms with Gasteiger partial charge in [-0.15, -0.1) is 10.2 Å². The Hall–Kier alpha value is -3.69. The quantitative estimate of drug-likeness (QED) is 0.171. The van der Waals surface area contributed by atoms with Gasteiger partial charge in [-0.1, -0.05) is 60.4 Å². The lowest BCUT2D eigenvalue weighted by molar-refractivity contribution is -0.138. The summed E-state index contributed by atoms with van der Waals surface area (Å²) >= 11 is 12.5. The molecule has 2 heterocycles. The van der Waals surface area contributed by atoms with Crippen molar-refractivity contribution < 1.29 is 36.2 Å². The number of hydrogen-bond acceptors (Lipinski definition) is 9. The number of aromatic nitrogens is 4. The third kappa shape index (κ3) is 9.66. The van der Waals surface area contributed by atoms with Gasteiger partial charge in [-0.2, -0.15) is 17.9 Å². The largest absolute Gasteiger partial charge is 0.489 e. The number of carbonyl (C=O) groups is 1. The fourth-order valence-corrected chi connectivity index (χ4v) is 4.74. The van der Waals surface area contributed by atoms with Crippen LogP contribution >= 0.6 is 34.5 Å². The van der Waals surface area contributed by atoms with Gasteiger partial charge in [-0.05, 0) is 58.0 Å². The second-order valence-electron chi connectivity index (χ2n) is 11.2. The lowest BCUT2D eigenvalue weighted by atomic mass is 9.97. The molecule has 0 aliphatic rings. The van der Waals surface area contributed by atoms with Gasteiger partial charge >= 0.3 is 11.9 Å². The number of halogens is 6. The van der Waals surface area contributed by atoms with Gasteiger partial charge in [0.05, 0.1) is 21.8 Å². The summed E-state index contributed by atoms with van der Waals surface area (Å²) in [6, 6.07) is 8.12. The number of carbonyl (C=O) groups excluding carboxylic acids is 1. The maximum Gasteiger partial charge on any atom is 0.445 e. The molecule has 10 nitrogen and oxygen atoms in total. The average molecular weight is 709 g/mol. The number of hydrogen-bond donors (Lipinski definition) is 0. The van der Waals surface area contributed by atoms with Crippen molar-refractivity contribution in [3.05, 3.63) is 73.7 Å². The molecule has 2 aromatic carbocycles. The van der Waals surface area contributed by atoms with Crippen LogP contribution in [0.2, 0.25) is 10.0 Å². The number of alkyl halides is 3. The van der Waals surface area contributed by atoms with Crippen LogP contribution in [-0.4, -0.2) is 44.6 Å². The molecule has 0 aliphatic heterocycles. The summed E-state index contributed by atoms with van der Waals surface area (Å²) in [5, 5.41) is 9.59. The highest BCUT2D eigenvalue weighted by atomic mass is 35.5. The summed E-state index contributed by atoms with van der Waals surface area (Å²) in [5.74, 6) is -0.789.